The number of hydrogen-bond acceptors (Lipinski definition) is 5. The normalized spacial score (nSPS) is 13.1. The van der Waals surface area contributed by atoms with E-state index in [1.165, 1.54) is 48.0 Å². The second kappa shape index (κ2) is 12.9. The van der Waals surface area contributed by atoms with Crippen LogP contribution < -0.4 is 0 Å². The van der Waals surface area contributed by atoms with Crippen LogP contribution in [0.4, 0.5) is 0 Å². The minimum atomic E-state index is -0.0432. The van der Waals surface area contributed by atoms with Gasteiger partial charge in [0.15, 0.2) is 17.5 Å². The third-order valence-electron chi connectivity index (χ3n) is 12.2. The Labute approximate surface area is 345 Å². The fourth-order valence-electron chi connectivity index (χ4n) is 9.18. The van der Waals surface area contributed by atoms with Crippen molar-refractivity contribution in [1.82, 2.24) is 15.0 Å². The van der Waals surface area contributed by atoms with Gasteiger partial charge >= 0.3 is 0 Å². The molecule has 1 aliphatic carbocycles. The Bertz CT molecular complexity index is 3490. The highest BCUT2D eigenvalue weighted by molar-refractivity contribution is 7.25. The quantitative estimate of drug-likeness (QED) is 0.175. The standard InChI is InChI=1S/C54H35N3OS/c1-54(2)44-19-8-6-16-38(44)41-29-34(22-25-45(41)54)35-23-26-46-43(30-35)50-40(18-11-20-47(50)58-46)53-56-51(36-15-10-14-33(28-36)32-12-4-3-5-13-32)55-52(57-53)37-24-27-49-42(31-37)39-17-7-9-21-48(39)59-49/h3-31H,1-2H3. The molecule has 0 saturated carbocycles. The fraction of sp³-hybridized carbons (Fsp3) is 0.0556. The molecule has 4 nitrogen and oxygen atoms in total. The van der Waals surface area contributed by atoms with Crippen molar-refractivity contribution in [2.45, 2.75) is 19.3 Å². The van der Waals surface area contributed by atoms with Crippen LogP contribution in [0, 0.1) is 0 Å². The van der Waals surface area contributed by atoms with Crippen molar-refractivity contribution in [2.75, 3.05) is 0 Å². The maximum Gasteiger partial charge on any atom is 0.164 e. The zero-order valence-corrected chi connectivity index (χ0v) is 33.2. The summed E-state index contributed by atoms with van der Waals surface area (Å²) in [5.74, 6) is 1.84. The lowest BCUT2D eigenvalue weighted by Gasteiger charge is -2.21. The third-order valence-corrected chi connectivity index (χ3v) is 13.3. The lowest BCUT2D eigenvalue weighted by Crippen LogP contribution is -2.14. The summed E-state index contributed by atoms with van der Waals surface area (Å²) < 4.78 is 9.06. The van der Waals surface area contributed by atoms with Crippen LogP contribution in [0.15, 0.2) is 180 Å². The van der Waals surface area contributed by atoms with Gasteiger partial charge in [-0.05, 0) is 99.1 Å². The number of aromatic nitrogens is 3. The zero-order chi connectivity index (χ0) is 39.2. The monoisotopic (exact) mass is 773 g/mol. The summed E-state index contributed by atoms with van der Waals surface area (Å²) in [6.45, 7) is 4.64. The molecule has 11 aromatic rings. The first kappa shape index (κ1) is 33.9. The number of furan rings is 1. The fourth-order valence-corrected chi connectivity index (χ4v) is 10.3. The summed E-state index contributed by atoms with van der Waals surface area (Å²) in [4.78, 5) is 15.7. The van der Waals surface area contributed by atoms with Gasteiger partial charge in [0.05, 0.1) is 0 Å². The van der Waals surface area contributed by atoms with Gasteiger partial charge in [-0.25, -0.2) is 15.0 Å². The molecule has 0 radical (unpaired) electrons. The van der Waals surface area contributed by atoms with Crippen molar-refractivity contribution >= 4 is 53.4 Å². The molecule has 0 spiro atoms. The second-order valence-electron chi connectivity index (χ2n) is 16.0. The Morgan fingerprint density at radius 1 is 0.390 bits per heavy atom. The summed E-state index contributed by atoms with van der Waals surface area (Å²) >= 11 is 1.81. The molecule has 12 rings (SSSR count). The molecule has 3 heterocycles. The minimum Gasteiger partial charge on any atom is -0.456 e. The Balaban J connectivity index is 1.05. The molecule has 278 valence electrons. The molecular weight excluding hydrogens is 739 g/mol. The van der Waals surface area contributed by atoms with E-state index in [1.807, 2.05) is 29.5 Å². The first-order valence-corrected chi connectivity index (χ1v) is 20.8. The predicted octanol–water partition coefficient (Wildman–Crippen LogP) is 14.8. The van der Waals surface area contributed by atoms with Crippen LogP contribution >= 0.6 is 11.3 Å². The molecular formula is C54H35N3OS. The summed E-state index contributed by atoms with van der Waals surface area (Å²) in [7, 11) is 0. The van der Waals surface area contributed by atoms with Gasteiger partial charge in [-0.2, -0.15) is 0 Å². The Morgan fingerprint density at radius 2 is 1.00 bits per heavy atom. The van der Waals surface area contributed by atoms with Crippen LogP contribution in [0.5, 0.6) is 0 Å². The van der Waals surface area contributed by atoms with Crippen LogP contribution in [-0.4, -0.2) is 15.0 Å². The van der Waals surface area contributed by atoms with Gasteiger partial charge in [0, 0.05) is 53.1 Å². The van der Waals surface area contributed by atoms with Gasteiger partial charge in [0.1, 0.15) is 11.2 Å². The highest BCUT2D eigenvalue weighted by Gasteiger charge is 2.35. The van der Waals surface area contributed by atoms with Gasteiger partial charge in [0.2, 0.25) is 0 Å². The molecule has 8 aromatic carbocycles. The maximum absolute atomic E-state index is 6.56. The molecule has 0 unspecified atom stereocenters. The third kappa shape index (κ3) is 5.39. The average Bonchev–Trinajstić information content (AvgIpc) is 3.93. The van der Waals surface area contributed by atoms with Crippen LogP contribution in [-0.2, 0) is 5.41 Å². The second-order valence-corrected chi connectivity index (χ2v) is 17.1. The maximum atomic E-state index is 6.56. The number of benzene rings is 8. The van der Waals surface area contributed by atoms with Crippen LogP contribution in [0.2, 0.25) is 0 Å². The number of rotatable bonds is 5. The van der Waals surface area contributed by atoms with Crippen LogP contribution in [0.25, 0.3) is 110 Å². The highest BCUT2D eigenvalue weighted by atomic mass is 32.1. The van der Waals surface area contributed by atoms with E-state index >= 15 is 0 Å². The van der Waals surface area contributed by atoms with Crippen molar-refractivity contribution in [3.05, 3.63) is 187 Å². The highest BCUT2D eigenvalue weighted by Crippen LogP contribution is 2.50. The lowest BCUT2D eigenvalue weighted by atomic mass is 9.82. The average molecular weight is 774 g/mol. The SMILES string of the molecule is CC1(C)c2ccccc2-c2cc(-c3ccc4oc5cccc(-c6nc(-c7cccc(-c8ccccc8)c7)nc(-c7ccc8sc9ccccc9c8c7)n6)c5c4c3)ccc21. The molecule has 0 fully saturated rings. The van der Waals surface area contributed by atoms with E-state index in [2.05, 4.69) is 172 Å². The summed E-state index contributed by atoms with van der Waals surface area (Å²) in [5.41, 5.74) is 14.2. The van der Waals surface area contributed by atoms with E-state index in [4.69, 9.17) is 19.4 Å². The molecule has 0 atom stereocenters. The Kier molecular flexibility index (Phi) is 7.41. The molecule has 59 heavy (non-hydrogen) atoms. The molecule has 0 aliphatic heterocycles. The van der Waals surface area contributed by atoms with Crippen LogP contribution in [0.3, 0.4) is 0 Å². The largest absolute Gasteiger partial charge is 0.456 e. The van der Waals surface area contributed by atoms with Gasteiger partial charge < -0.3 is 4.42 Å². The van der Waals surface area contributed by atoms with Gasteiger partial charge in [0.25, 0.3) is 0 Å². The minimum absolute atomic E-state index is 0.0432. The first-order valence-electron chi connectivity index (χ1n) is 20.0. The van der Waals surface area contributed by atoms with Crippen molar-refractivity contribution in [1.29, 1.82) is 0 Å². The number of hydrogen-bond donors (Lipinski definition) is 0. The van der Waals surface area contributed by atoms with E-state index in [9.17, 15) is 0 Å². The molecule has 5 heteroatoms. The molecule has 0 bridgehead atoms. The molecule has 0 N–H and O–H groups in total. The zero-order valence-electron chi connectivity index (χ0n) is 32.4. The molecule has 3 aromatic heterocycles. The van der Waals surface area contributed by atoms with Crippen molar-refractivity contribution in [2.24, 2.45) is 0 Å². The Hall–Kier alpha value is -7.21. The van der Waals surface area contributed by atoms with Crippen molar-refractivity contribution in [3.63, 3.8) is 0 Å². The van der Waals surface area contributed by atoms with E-state index in [0.717, 1.165) is 55.3 Å². The number of thiophene rings is 1. The summed E-state index contributed by atoms with van der Waals surface area (Å²) in [5, 5.41) is 4.44. The van der Waals surface area contributed by atoms with Crippen molar-refractivity contribution < 1.29 is 4.42 Å². The van der Waals surface area contributed by atoms with E-state index in [-0.39, 0.29) is 5.41 Å². The van der Waals surface area contributed by atoms with E-state index in [0.29, 0.717) is 17.5 Å². The predicted molar refractivity (Wildman–Crippen MR) is 245 cm³/mol. The first-order chi connectivity index (χ1) is 29.0. The molecule has 1 aliphatic rings. The van der Waals surface area contributed by atoms with Crippen LogP contribution in [0.1, 0.15) is 25.0 Å². The van der Waals surface area contributed by atoms with Gasteiger partial charge in [-0.3, -0.25) is 0 Å². The van der Waals surface area contributed by atoms with Crippen molar-refractivity contribution in [3.8, 4) is 67.5 Å². The molecule has 0 amide bonds. The topological polar surface area (TPSA) is 51.8 Å². The smallest absolute Gasteiger partial charge is 0.164 e. The van der Waals surface area contributed by atoms with Gasteiger partial charge in [-0.1, -0.05) is 135 Å². The molecule has 0 saturated heterocycles. The summed E-state index contributed by atoms with van der Waals surface area (Å²) in [6, 6.07) is 62.5. The Morgan fingerprint density at radius 3 is 1.90 bits per heavy atom. The lowest BCUT2D eigenvalue weighted by molar-refractivity contribution is 0.660. The van der Waals surface area contributed by atoms with E-state index in [1.54, 1.807) is 0 Å². The summed E-state index contributed by atoms with van der Waals surface area (Å²) in [6.07, 6.45) is 0. The van der Waals surface area contributed by atoms with E-state index < -0.39 is 0 Å². The number of fused-ring (bicyclic) bond motifs is 9. The number of nitrogens with zero attached hydrogens (tertiary/aromatic N) is 3. The van der Waals surface area contributed by atoms with Gasteiger partial charge in [-0.15, -0.1) is 11.3 Å².